The summed E-state index contributed by atoms with van der Waals surface area (Å²) in [6.07, 6.45) is 2.42. The van der Waals surface area contributed by atoms with E-state index in [1.807, 2.05) is 0 Å². The molecular weight excluding hydrogens is 236 g/mol. The molecule has 0 saturated heterocycles. The van der Waals surface area contributed by atoms with Crippen molar-refractivity contribution in [1.82, 2.24) is 5.32 Å². The van der Waals surface area contributed by atoms with Crippen LogP contribution in [0.15, 0.2) is 18.2 Å². The van der Waals surface area contributed by atoms with Gasteiger partial charge in [-0.15, -0.1) is 0 Å². The zero-order valence-electron chi connectivity index (χ0n) is 12.3. The number of aliphatic hydroxyl groups is 1. The van der Waals surface area contributed by atoms with Crippen LogP contribution in [0.2, 0.25) is 0 Å². The number of nitrogens with one attached hydrogen (secondary N) is 1. The molecule has 1 aromatic rings. The SMILES string of the molecule is CC(C)C(CO)NCc1ccc2c(c1)CCCN2C. The second kappa shape index (κ2) is 6.40. The molecule has 0 saturated carbocycles. The van der Waals surface area contributed by atoms with Gasteiger partial charge in [-0.2, -0.15) is 0 Å². The Balaban J connectivity index is 2.02. The van der Waals surface area contributed by atoms with Crippen molar-refractivity contribution >= 4 is 5.69 Å². The fourth-order valence-electron chi connectivity index (χ4n) is 2.71. The number of anilines is 1. The maximum Gasteiger partial charge on any atom is 0.0587 e. The molecule has 0 aromatic heterocycles. The number of fused-ring (bicyclic) bond motifs is 1. The van der Waals surface area contributed by atoms with E-state index in [4.69, 9.17) is 0 Å². The minimum Gasteiger partial charge on any atom is -0.395 e. The second-order valence-corrected chi connectivity index (χ2v) is 5.90. The highest BCUT2D eigenvalue weighted by atomic mass is 16.3. The number of nitrogens with zero attached hydrogens (tertiary/aromatic N) is 1. The van der Waals surface area contributed by atoms with E-state index in [-0.39, 0.29) is 12.6 Å². The van der Waals surface area contributed by atoms with Gasteiger partial charge in [0.1, 0.15) is 0 Å². The smallest absolute Gasteiger partial charge is 0.0587 e. The average Bonchev–Trinajstić information content (AvgIpc) is 2.39. The van der Waals surface area contributed by atoms with Gasteiger partial charge >= 0.3 is 0 Å². The van der Waals surface area contributed by atoms with Crippen LogP contribution >= 0.6 is 0 Å². The van der Waals surface area contributed by atoms with Gasteiger partial charge in [0.25, 0.3) is 0 Å². The van der Waals surface area contributed by atoms with Crippen LogP contribution in [0, 0.1) is 5.92 Å². The lowest BCUT2D eigenvalue weighted by Crippen LogP contribution is -2.36. The van der Waals surface area contributed by atoms with Gasteiger partial charge in [0.05, 0.1) is 6.61 Å². The van der Waals surface area contributed by atoms with Gasteiger partial charge in [0, 0.05) is 31.9 Å². The highest BCUT2D eigenvalue weighted by Crippen LogP contribution is 2.26. The van der Waals surface area contributed by atoms with Crippen LogP contribution in [0.5, 0.6) is 0 Å². The summed E-state index contributed by atoms with van der Waals surface area (Å²) in [4.78, 5) is 2.33. The first-order valence-corrected chi connectivity index (χ1v) is 7.29. The van der Waals surface area contributed by atoms with E-state index >= 15 is 0 Å². The molecule has 0 amide bonds. The van der Waals surface area contributed by atoms with Crippen molar-refractivity contribution in [3.63, 3.8) is 0 Å². The van der Waals surface area contributed by atoms with E-state index in [9.17, 15) is 5.11 Å². The molecule has 0 bridgehead atoms. The quantitative estimate of drug-likeness (QED) is 0.854. The number of aryl methyl sites for hydroxylation is 1. The van der Waals surface area contributed by atoms with Crippen LogP contribution in [-0.4, -0.2) is 31.3 Å². The van der Waals surface area contributed by atoms with Gasteiger partial charge < -0.3 is 15.3 Å². The van der Waals surface area contributed by atoms with E-state index in [0.717, 1.165) is 13.1 Å². The number of hydrogen-bond acceptors (Lipinski definition) is 3. The van der Waals surface area contributed by atoms with Crippen molar-refractivity contribution in [1.29, 1.82) is 0 Å². The van der Waals surface area contributed by atoms with Crippen molar-refractivity contribution in [3.05, 3.63) is 29.3 Å². The highest BCUT2D eigenvalue weighted by Gasteiger charge is 2.15. The van der Waals surface area contributed by atoms with Crippen LogP contribution in [-0.2, 0) is 13.0 Å². The van der Waals surface area contributed by atoms with Gasteiger partial charge in [0.15, 0.2) is 0 Å². The first-order chi connectivity index (χ1) is 9.11. The van der Waals surface area contributed by atoms with Crippen LogP contribution < -0.4 is 10.2 Å². The third kappa shape index (κ3) is 3.48. The topological polar surface area (TPSA) is 35.5 Å². The summed E-state index contributed by atoms with van der Waals surface area (Å²) in [7, 11) is 2.16. The Morgan fingerprint density at radius 3 is 2.84 bits per heavy atom. The van der Waals surface area contributed by atoms with Crippen molar-refractivity contribution in [2.24, 2.45) is 5.92 Å². The van der Waals surface area contributed by atoms with Gasteiger partial charge in [-0.25, -0.2) is 0 Å². The molecule has 1 unspecified atom stereocenters. The van der Waals surface area contributed by atoms with Crippen LogP contribution in [0.1, 0.15) is 31.4 Å². The molecule has 106 valence electrons. The molecule has 1 atom stereocenters. The molecule has 3 heteroatoms. The maximum absolute atomic E-state index is 9.33. The molecular formula is C16H26N2O. The Bertz CT molecular complexity index is 417. The Morgan fingerprint density at radius 1 is 1.37 bits per heavy atom. The summed E-state index contributed by atoms with van der Waals surface area (Å²) in [6, 6.07) is 6.92. The van der Waals surface area contributed by atoms with Gasteiger partial charge in [-0.3, -0.25) is 0 Å². The summed E-state index contributed by atoms with van der Waals surface area (Å²) >= 11 is 0. The summed E-state index contributed by atoms with van der Waals surface area (Å²) < 4.78 is 0. The number of benzene rings is 1. The summed E-state index contributed by atoms with van der Waals surface area (Å²) in [5.41, 5.74) is 4.14. The molecule has 0 radical (unpaired) electrons. The maximum atomic E-state index is 9.33. The van der Waals surface area contributed by atoms with Crippen LogP contribution in [0.3, 0.4) is 0 Å². The molecule has 2 rings (SSSR count). The van der Waals surface area contributed by atoms with Gasteiger partial charge in [0.2, 0.25) is 0 Å². The molecule has 1 heterocycles. The van der Waals surface area contributed by atoms with E-state index in [2.05, 4.69) is 49.3 Å². The summed E-state index contributed by atoms with van der Waals surface area (Å²) in [5, 5.41) is 12.8. The van der Waals surface area contributed by atoms with Crippen LogP contribution in [0.4, 0.5) is 5.69 Å². The highest BCUT2D eigenvalue weighted by molar-refractivity contribution is 5.56. The lowest BCUT2D eigenvalue weighted by atomic mass is 9.99. The fourth-order valence-corrected chi connectivity index (χ4v) is 2.71. The predicted octanol–water partition coefficient (Wildman–Crippen LogP) is 2.18. The first kappa shape index (κ1) is 14.4. The largest absolute Gasteiger partial charge is 0.395 e. The van der Waals surface area contributed by atoms with E-state index in [1.165, 1.54) is 29.7 Å². The third-order valence-corrected chi connectivity index (χ3v) is 4.06. The molecule has 19 heavy (non-hydrogen) atoms. The predicted molar refractivity (Wildman–Crippen MR) is 80.6 cm³/mol. The first-order valence-electron chi connectivity index (χ1n) is 7.29. The van der Waals surface area contributed by atoms with Gasteiger partial charge in [-0.05, 0) is 36.0 Å². The van der Waals surface area contributed by atoms with E-state index < -0.39 is 0 Å². The number of hydrogen-bond donors (Lipinski definition) is 2. The zero-order valence-corrected chi connectivity index (χ0v) is 12.3. The minimum absolute atomic E-state index is 0.179. The molecule has 1 aliphatic heterocycles. The van der Waals surface area contributed by atoms with Crippen molar-refractivity contribution in [2.45, 2.75) is 39.3 Å². The van der Waals surface area contributed by atoms with Crippen molar-refractivity contribution in [3.8, 4) is 0 Å². The van der Waals surface area contributed by atoms with Crippen molar-refractivity contribution < 1.29 is 5.11 Å². The Morgan fingerprint density at radius 2 is 2.16 bits per heavy atom. The number of aliphatic hydroxyl groups excluding tert-OH is 1. The standard InChI is InChI=1S/C16H26N2O/c1-12(2)15(11-19)17-10-13-6-7-16-14(9-13)5-4-8-18(16)3/h6-7,9,12,15,17,19H,4-5,8,10-11H2,1-3H3. The van der Waals surface area contributed by atoms with E-state index in [0.29, 0.717) is 5.92 Å². The zero-order chi connectivity index (χ0) is 13.8. The molecule has 0 aliphatic carbocycles. The van der Waals surface area contributed by atoms with E-state index in [1.54, 1.807) is 0 Å². The molecule has 3 nitrogen and oxygen atoms in total. The summed E-state index contributed by atoms with van der Waals surface area (Å²) in [5.74, 6) is 0.453. The van der Waals surface area contributed by atoms with Gasteiger partial charge in [-0.1, -0.05) is 26.0 Å². The lowest BCUT2D eigenvalue weighted by Gasteiger charge is -2.28. The second-order valence-electron chi connectivity index (χ2n) is 5.90. The molecule has 0 fully saturated rings. The van der Waals surface area contributed by atoms with Crippen LogP contribution in [0.25, 0.3) is 0 Å². The summed E-state index contributed by atoms with van der Waals surface area (Å²) in [6.45, 7) is 6.46. The van der Waals surface area contributed by atoms with Crippen molar-refractivity contribution in [2.75, 3.05) is 25.1 Å². The average molecular weight is 262 g/mol. The Kier molecular flexibility index (Phi) is 4.83. The fraction of sp³-hybridized carbons (Fsp3) is 0.625. The normalized spacial score (nSPS) is 16.6. The Labute approximate surface area is 116 Å². The molecule has 1 aromatic carbocycles. The molecule has 2 N–H and O–H groups in total. The Hall–Kier alpha value is -1.06. The molecule has 1 aliphatic rings. The monoisotopic (exact) mass is 262 g/mol. The minimum atomic E-state index is 0.179. The lowest BCUT2D eigenvalue weighted by molar-refractivity contribution is 0.210. The molecule has 0 spiro atoms. The third-order valence-electron chi connectivity index (χ3n) is 4.06. The number of rotatable bonds is 5.